The van der Waals surface area contributed by atoms with Crippen molar-refractivity contribution in [2.75, 3.05) is 18.0 Å². The third-order valence-corrected chi connectivity index (χ3v) is 3.29. The van der Waals surface area contributed by atoms with Gasteiger partial charge in [-0.05, 0) is 44.5 Å². The van der Waals surface area contributed by atoms with Crippen LogP contribution in [-0.4, -0.2) is 19.1 Å². The molecule has 3 heteroatoms. The van der Waals surface area contributed by atoms with Gasteiger partial charge in [0.2, 0.25) is 0 Å². The first-order valence-electron chi connectivity index (χ1n) is 6.85. The molecule has 0 aliphatic heterocycles. The van der Waals surface area contributed by atoms with Crippen LogP contribution >= 0.6 is 11.6 Å². The van der Waals surface area contributed by atoms with Crippen LogP contribution in [0.2, 0.25) is 5.02 Å². The number of nitrogens with one attached hydrogen (secondary N) is 1. The number of hydrogen-bond donors (Lipinski definition) is 1. The van der Waals surface area contributed by atoms with Crippen molar-refractivity contribution in [1.29, 1.82) is 0 Å². The molecule has 1 N–H and O–H groups in total. The molecule has 1 rings (SSSR count). The third-order valence-electron chi connectivity index (χ3n) is 2.99. The molecule has 0 amide bonds. The second-order valence-corrected chi connectivity index (χ2v) is 5.26. The Hall–Kier alpha value is -0.730. The van der Waals surface area contributed by atoms with Crippen LogP contribution < -0.4 is 10.2 Å². The van der Waals surface area contributed by atoms with Crippen LogP contribution in [0, 0.1) is 0 Å². The summed E-state index contributed by atoms with van der Waals surface area (Å²) in [5.41, 5.74) is 2.39. The van der Waals surface area contributed by atoms with E-state index in [1.165, 1.54) is 5.56 Å². The van der Waals surface area contributed by atoms with Gasteiger partial charge in [-0.15, -0.1) is 0 Å². The van der Waals surface area contributed by atoms with E-state index in [1.807, 2.05) is 0 Å². The molecule has 2 nitrogen and oxygen atoms in total. The van der Waals surface area contributed by atoms with E-state index >= 15 is 0 Å². The van der Waals surface area contributed by atoms with Gasteiger partial charge < -0.3 is 10.2 Å². The van der Waals surface area contributed by atoms with Gasteiger partial charge >= 0.3 is 0 Å². The molecule has 0 aliphatic rings. The van der Waals surface area contributed by atoms with Gasteiger partial charge in [-0.1, -0.05) is 31.5 Å². The molecule has 0 fully saturated rings. The van der Waals surface area contributed by atoms with Gasteiger partial charge in [0.25, 0.3) is 0 Å². The van der Waals surface area contributed by atoms with Crippen LogP contribution in [0.15, 0.2) is 18.2 Å². The Kier molecular flexibility index (Phi) is 6.51. The Bertz CT molecular complexity index is 364. The average molecular weight is 269 g/mol. The molecule has 0 aliphatic carbocycles. The van der Waals surface area contributed by atoms with E-state index in [0.717, 1.165) is 36.8 Å². The zero-order valence-electron chi connectivity index (χ0n) is 12.0. The lowest BCUT2D eigenvalue weighted by atomic mass is 10.1. The fourth-order valence-corrected chi connectivity index (χ4v) is 2.37. The minimum atomic E-state index is 0.474. The lowest BCUT2D eigenvalue weighted by Gasteiger charge is -2.29. The molecule has 0 radical (unpaired) electrons. The summed E-state index contributed by atoms with van der Waals surface area (Å²) in [6.45, 7) is 11.6. The Morgan fingerprint density at radius 2 is 2.00 bits per heavy atom. The van der Waals surface area contributed by atoms with Crippen molar-refractivity contribution in [3.8, 4) is 0 Å². The quantitative estimate of drug-likeness (QED) is 0.802. The average Bonchev–Trinajstić information content (AvgIpc) is 2.34. The second kappa shape index (κ2) is 7.65. The van der Waals surface area contributed by atoms with Crippen molar-refractivity contribution in [1.82, 2.24) is 5.32 Å². The van der Waals surface area contributed by atoms with E-state index in [0.29, 0.717) is 6.04 Å². The first-order chi connectivity index (χ1) is 8.60. The Morgan fingerprint density at radius 1 is 1.28 bits per heavy atom. The molecule has 0 spiro atoms. The van der Waals surface area contributed by atoms with Crippen LogP contribution in [0.25, 0.3) is 0 Å². The maximum absolute atomic E-state index is 6.41. The maximum atomic E-state index is 6.41. The highest BCUT2D eigenvalue weighted by molar-refractivity contribution is 6.33. The maximum Gasteiger partial charge on any atom is 0.0642 e. The summed E-state index contributed by atoms with van der Waals surface area (Å²) in [5.74, 6) is 0. The summed E-state index contributed by atoms with van der Waals surface area (Å²) in [6.07, 6.45) is 1.13. The number of benzene rings is 1. The highest BCUT2D eigenvalue weighted by Gasteiger charge is 2.13. The number of hydrogen-bond acceptors (Lipinski definition) is 2. The zero-order chi connectivity index (χ0) is 13.5. The molecule has 0 heterocycles. The van der Waals surface area contributed by atoms with Crippen LogP contribution in [0.3, 0.4) is 0 Å². The molecule has 1 aromatic rings. The fourth-order valence-electron chi connectivity index (χ4n) is 2.06. The number of halogens is 1. The Labute approximate surface area is 116 Å². The second-order valence-electron chi connectivity index (χ2n) is 4.85. The SMILES string of the molecule is CCCN(c1ccc(CNCC)cc1Cl)C(C)C. The van der Waals surface area contributed by atoms with Gasteiger partial charge in [-0.3, -0.25) is 0 Å². The lowest BCUT2D eigenvalue weighted by Crippen LogP contribution is -2.31. The first-order valence-corrected chi connectivity index (χ1v) is 7.23. The minimum absolute atomic E-state index is 0.474. The van der Waals surface area contributed by atoms with E-state index in [2.05, 4.69) is 56.1 Å². The van der Waals surface area contributed by atoms with E-state index < -0.39 is 0 Å². The minimum Gasteiger partial charge on any atom is -0.368 e. The number of anilines is 1. The monoisotopic (exact) mass is 268 g/mol. The molecule has 1 aromatic carbocycles. The number of rotatable bonds is 7. The summed E-state index contributed by atoms with van der Waals surface area (Å²) in [6, 6.07) is 6.85. The van der Waals surface area contributed by atoms with E-state index in [9.17, 15) is 0 Å². The molecular weight excluding hydrogens is 244 g/mol. The highest BCUT2D eigenvalue weighted by Crippen LogP contribution is 2.28. The van der Waals surface area contributed by atoms with Crippen molar-refractivity contribution in [3.05, 3.63) is 28.8 Å². The molecular formula is C15H25ClN2. The molecule has 0 saturated carbocycles. The molecule has 0 aromatic heterocycles. The predicted molar refractivity (Wildman–Crippen MR) is 81.6 cm³/mol. The van der Waals surface area contributed by atoms with Crippen molar-refractivity contribution < 1.29 is 0 Å². The Balaban J connectivity index is 2.88. The van der Waals surface area contributed by atoms with Gasteiger partial charge in [0, 0.05) is 19.1 Å². The highest BCUT2D eigenvalue weighted by atomic mass is 35.5. The van der Waals surface area contributed by atoms with Crippen LogP contribution in [0.1, 0.15) is 39.7 Å². The van der Waals surface area contributed by atoms with Crippen molar-refractivity contribution in [2.45, 2.75) is 46.7 Å². The van der Waals surface area contributed by atoms with Gasteiger partial charge in [-0.2, -0.15) is 0 Å². The standard InChI is InChI=1S/C15H25ClN2/c1-5-9-18(12(3)4)15-8-7-13(10-14(15)16)11-17-6-2/h7-8,10,12,17H,5-6,9,11H2,1-4H3. The van der Waals surface area contributed by atoms with Crippen LogP contribution in [0.5, 0.6) is 0 Å². The van der Waals surface area contributed by atoms with E-state index in [4.69, 9.17) is 11.6 Å². The van der Waals surface area contributed by atoms with Crippen molar-refractivity contribution >= 4 is 17.3 Å². The first kappa shape index (κ1) is 15.3. The topological polar surface area (TPSA) is 15.3 Å². The molecule has 0 saturated heterocycles. The summed E-state index contributed by atoms with van der Waals surface area (Å²) in [7, 11) is 0. The lowest BCUT2D eigenvalue weighted by molar-refractivity contribution is 0.670. The smallest absolute Gasteiger partial charge is 0.0642 e. The zero-order valence-corrected chi connectivity index (χ0v) is 12.7. The van der Waals surface area contributed by atoms with Crippen molar-refractivity contribution in [2.24, 2.45) is 0 Å². The summed E-state index contributed by atoms with van der Waals surface area (Å²) in [5, 5.41) is 4.17. The van der Waals surface area contributed by atoms with Crippen LogP contribution in [-0.2, 0) is 6.54 Å². The van der Waals surface area contributed by atoms with Crippen molar-refractivity contribution in [3.63, 3.8) is 0 Å². The van der Waals surface area contributed by atoms with Gasteiger partial charge in [0.1, 0.15) is 0 Å². The summed E-state index contributed by atoms with van der Waals surface area (Å²) >= 11 is 6.41. The van der Waals surface area contributed by atoms with E-state index in [1.54, 1.807) is 0 Å². The molecule has 18 heavy (non-hydrogen) atoms. The predicted octanol–water partition coefficient (Wildman–Crippen LogP) is 4.07. The molecule has 0 atom stereocenters. The molecule has 0 bridgehead atoms. The number of nitrogens with zero attached hydrogens (tertiary/aromatic N) is 1. The largest absolute Gasteiger partial charge is 0.368 e. The Morgan fingerprint density at radius 3 is 2.50 bits per heavy atom. The molecule has 0 unspecified atom stereocenters. The molecule has 102 valence electrons. The summed E-state index contributed by atoms with van der Waals surface area (Å²) < 4.78 is 0. The van der Waals surface area contributed by atoms with Gasteiger partial charge in [0.15, 0.2) is 0 Å². The van der Waals surface area contributed by atoms with Gasteiger partial charge in [-0.25, -0.2) is 0 Å². The summed E-state index contributed by atoms with van der Waals surface area (Å²) in [4.78, 5) is 2.36. The normalized spacial score (nSPS) is 11.0. The van der Waals surface area contributed by atoms with E-state index in [-0.39, 0.29) is 0 Å². The van der Waals surface area contributed by atoms with Gasteiger partial charge in [0.05, 0.1) is 10.7 Å². The fraction of sp³-hybridized carbons (Fsp3) is 0.600. The third kappa shape index (κ3) is 4.18. The van der Waals surface area contributed by atoms with Crippen LogP contribution in [0.4, 0.5) is 5.69 Å².